The molecule has 3 nitrogen and oxygen atoms in total. The molecule has 1 aromatic heterocycles. The Labute approximate surface area is 141 Å². The number of anilines is 1. The zero-order valence-corrected chi connectivity index (χ0v) is 13.7. The number of carbonyl (C=O) groups is 1. The van der Waals surface area contributed by atoms with E-state index in [-0.39, 0.29) is 11.7 Å². The molecule has 0 aliphatic heterocycles. The van der Waals surface area contributed by atoms with E-state index in [1.807, 2.05) is 61.1 Å². The molecule has 0 spiro atoms. The van der Waals surface area contributed by atoms with E-state index in [4.69, 9.17) is 0 Å². The summed E-state index contributed by atoms with van der Waals surface area (Å²) in [6.07, 6.45) is 3.91. The van der Waals surface area contributed by atoms with Gasteiger partial charge in [-0.1, -0.05) is 6.07 Å². The number of carbonyl (C=O) groups excluding carboxylic acids is 1. The van der Waals surface area contributed by atoms with Crippen molar-refractivity contribution in [2.75, 3.05) is 11.4 Å². The summed E-state index contributed by atoms with van der Waals surface area (Å²) in [7, 11) is 0. The number of aryl methyl sites for hydroxylation is 1. The van der Waals surface area contributed by atoms with Crippen molar-refractivity contribution in [3.8, 4) is 5.69 Å². The molecule has 0 N–H and O–H groups in total. The van der Waals surface area contributed by atoms with Gasteiger partial charge in [-0.15, -0.1) is 0 Å². The summed E-state index contributed by atoms with van der Waals surface area (Å²) in [6.45, 7) is 4.43. The lowest BCUT2D eigenvalue weighted by Gasteiger charge is -2.22. The van der Waals surface area contributed by atoms with Crippen LogP contribution in [-0.4, -0.2) is 17.0 Å². The van der Waals surface area contributed by atoms with E-state index in [9.17, 15) is 9.18 Å². The minimum absolute atomic E-state index is 0.0995. The lowest BCUT2D eigenvalue weighted by molar-refractivity contribution is 0.0988. The smallest absolute Gasteiger partial charge is 0.258 e. The number of rotatable bonds is 4. The molecule has 0 fully saturated rings. The number of hydrogen-bond donors (Lipinski definition) is 0. The molecule has 0 aliphatic carbocycles. The van der Waals surface area contributed by atoms with E-state index in [1.54, 1.807) is 17.0 Å². The van der Waals surface area contributed by atoms with E-state index in [1.165, 1.54) is 12.1 Å². The molecule has 0 aliphatic rings. The molecular formula is C20H19FN2O. The van der Waals surface area contributed by atoms with Crippen LogP contribution in [0.15, 0.2) is 67.0 Å². The molecule has 0 saturated carbocycles. The molecule has 0 atom stereocenters. The average Bonchev–Trinajstić information content (AvgIpc) is 3.12. The SMILES string of the molecule is CCN(C(=O)c1ccc(C)c(-n2cccc2)c1)c1ccc(F)cc1. The Morgan fingerprint density at radius 3 is 2.38 bits per heavy atom. The second-order valence-electron chi connectivity index (χ2n) is 5.62. The Hall–Kier alpha value is -2.88. The van der Waals surface area contributed by atoms with Crippen molar-refractivity contribution >= 4 is 11.6 Å². The minimum Gasteiger partial charge on any atom is -0.324 e. The van der Waals surface area contributed by atoms with E-state index in [0.717, 1.165) is 11.3 Å². The second kappa shape index (κ2) is 6.71. The highest BCUT2D eigenvalue weighted by Gasteiger charge is 2.17. The topological polar surface area (TPSA) is 25.2 Å². The van der Waals surface area contributed by atoms with Crippen LogP contribution >= 0.6 is 0 Å². The zero-order valence-electron chi connectivity index (χ0n) is 13.7. The number of nitrogens with zero attached hydrogens (tertiary/aromatic N) is 2. The zero-order chi connectivity index (χ0) is 17.1. The van der Waals surface area contributed by atoms with Gasteiger partial charge in [0.1, 0.15) is 5.82 Å². The van der Waals surface area contributed by atoms with Crippen molar-refractivity contribution in [3.05, 3.63) is 83.9 Å². The first-order valence-corrected chi connectivity index (χ1v) is 7.91. The predicted molar refractivity (Wildman–Crippen MR) is 94.3 cm³/mol. The van der Waals surface area contributed by atoms with Crippen LogP contribution in [0.5, 0.6) is 0 Å². The fraction of sp³-hybridized carbons (Fsp3) is 0.150. The van der Waals surface area contributed by atoms with Crippen molar-refractivity contribution in [1.29, 1.82) is 0 Å². The Morgan fingerprint density at radius 2 is 1.75 bits per heavy atom. The lowest BCUT2D eigenvalue weighted by atomic mass is 10.1. The first-order chi connectivity index (χ1) is 11.6. The highest BCUT2D eigenvalue weighted by molar-refractivity contribution is 6.06. The number of halogens is 1. The van der Waals surface area contributed by atoms with Crippen LogP contribution in [0.3, 0.4) is 0 Å². The average molecular weight is 322 g/mol. The van der Waals surface area contributed by atoms with Crippen molar-refractivity contribution < 1.29 is 9.18 Å². The number of hydrogen-bond acceptors (Lipinski definition) is 1. The molecule has 3 rings (SSSR count). The summed E-state index contributed by atoms with van der Waals surface area (Å²) in [5, 5.41) is 0. The largest absolute Gasteiger partial charge is 0.324 e. The van der Waals surface area contributed by atoms with Crippen molar-refractivity contribution in [2.24, 2.45) is 0 Å². The van der Waals surface area contributed by atoms with E-state index < -0.39 is 0 Å². The molecule has 4 heteroatoms. The summed E-state index contributed by atoms with van der Waals surface area (Å²) in [5.41, 5.74) is 3.36. The second-order valence-corrected chi connectivity index (χ2v) is 5.62. The van der Waals surface area contributed by atoms with Crippen LogP contribution in [0.25, 0.3) is 5.69 Å². The van der Waals surface area contributed by atoms with Gasteiger partial charge in [-0.05, 0) is 67.9 Å². The van der Waals surface area contributed by atoms with Gasteiger partial charge in [-0.3, -0.25) is 4.79 Å². The van der Waals surface area contributed by atoms with Crippen molar-refractivity contribution in [2.45, 2.75) is 13.8 Å². The van der Waals surface area contributed by atoms with Gasteiger partial charge >= 0.3 is 0 Å². The minimum atomic E-state index is -0.313. The molecule has 3 aromatic rings. The molecule has 2 aromatic carbocycles. The van der Waals surface area contributed by atoms with Crippen molar-refractivity contribution in [1.82, 2.24) is 4.57 Å². The maximum atomic E-state index is 13.1. The fourth-order valence-corrected chi connectivity index (χ4v) is 2.74. The monoisotopic (exact) mass is 322 g/mol. The molecule has 24 heavy (non-hydrogen) atoms. The normalized spacial score (nSPS) is 10.6. The standard InChI is InChI=1S/C20H19FN2O/c1-3-23(18-10-8-17(21)9-11-18)20(24)16-7-6-15(2)19(14-16)22-12-4-5-13-22/h4-14H,3H2,1-2H3. The van der Waals surface area contributed by atoms with Crippen LogP contribution in [0, 0.1) is 12.7 Å². The highest BCUT2D eigenvalue weighted by Crippen LogP contribution is 2.21. The molecule has 0 saturated heterocycles. The number of aromatic nitrogens is 1. The van der Waals surface area contributed by atoms with Gasteiger partial charge in [-0.2, -0.15) is 0 Å². The van der Waals surface area contributed by atoms with Gasteiger partial charge in [0, 0.05) is 35.9 Å². The molecule has 1 heterocycles. The summed E-state index contributed by atoms with van der Waals surface area (Å²) < 4.78 is 15.1. The third kappa shape index (κ3) is 3.08. The third-order valence-corrected chi connectivity index (χ3v) is 4.04. The molecule has 0 radical (unpaired) electrons. The van der Waals surface area contributed by atoms with Gasteiger partial charge in [0.2, 0.25) is 0 Å². The lowest BCUT2D eigenvalue weighted by Crippen LogP contribution is -2.30. The molecule has 122 valence electrons. The summed E-state index contributed by atoms with van der Waals surface area (Å²) in [5.74, 6) is -0.412. The van der Waals surface area contributed by atoms with Gasteiger partial charge in [0.25, 0.3) is 5.91 Å². The van der Waals surface area contributed by atoms with Gasteiger partial charge < -0.3 is 9.47 Å². The number of amides is 1. The van der Waals surface area contributed by atoms with Crippen LogP contribution < -0.4 is 4.90 Å². The summed E-state index contributed by atoms with van der Waals surface area (Å²) in [6, 6.07) is 15.5. The summed E-state index contributed by atoms with van der Waals surface area (Å²) >= 11 is 0. The number of benzene rings is 2. The fourth-order valence-electron chi connectivity index (χ4n) is 2.74. The van der Waals surface area contributed by atoms with Crippen LogP contribution in [0.2, 0.25) is 0 Å². The Morgan fingerprint density at radius 1 is 1.08 bits per heavy atom. The predicted octanol–water partition coefficient (Wildman–Crippen LogP) is 4.59. The van der Waals surface area contributed by atoms with Crippen LogP contribution in [-0.2, 0) is 0 Å². The first kappa shape index (κ1) is 16.0. The maximum absolute atomic E-state index is 13.1. The first-order valence-electron chi connectivity index (χ1n) is 7.91. The molecule has 0 bridgehead atoms. The van der Waals surface area contributed by atoms with E-state index in [0.29, 0.717) is 17.8 Å². The maximum Gasteiger partial charge on any atom is 0.258 e. The highest BCUT2D eigenvalue weighted by atomic mass is 19.1. The Bertz CT molecular complexity index is 839. The molecular weight excluding hydrogens is 303 g/mol. The van der Waals surface area contributed by atoms with Gasteiger partial charge in [0.05, 0.1) is 0 Å². The van der Waals surface area contributed by atoms with Crippen LogP contribution in [0.4, 0.5) is 10.1 Å². The van der Waals surface area contributed by atoms with Crippen LogP contribution in [0.1, 0.15) is 22.8 Å². The van der Waals surface area contributed by atoms with Gasteiger partial charge in [-0.25, -0.2) is 4.39 Å². The molecule has 0 unspecified atom stereocenters. The van der Waals surface area contributed by atoms with E-state index >= 15 is 0 Å². The quantitative estimate of drug-likeness (QED) is 0.689. The van der Waals surface area contributed by atoms with E-state index in [2.05, 4.69) is 0 Å². The third-order valence-electron chi connectivity index (χ3n) is 4.04. The Kier molecular flexibility index (Phi) is 4.47. The van der Waals surface area contributed by atoms with Crippen molar-refractivity contribution in [3.63, 3.8) is 0 Å². The van der Waals surface area contributed by atoms with Gasteiger partial charge in [0.15, 0.2) is 0 Å². The Balaban J connectivity index is 1.97. The summed E-state index contributed by atoms with van der Waals surface area (Å²) in [4.78, 5) is 14.6. The molecule has 1 amide bonds.